The van der Waals surface area contributed by atoms with E-state index >= 15 is 0 Å². The standard InChI is InChI=1S/C7H16N2O/c1-10-6-4-2-3-5-7(6,8)9/h6H,2-5,8-9H2,1H3. The second-order valence-corrected chi connectivity index (χ2v) is 3.08. The van der Waals surface area contributed by atoms with Gasteiger partial charge in [0.25, 0.3) is 0 Å². The minimum Gasteiger partial charge on any atom is -0.378 e. The molecule has 1 saturated carbocycles. The zero-order valence-electron chi connectivity index (χ0n) is 6.47. The van der Waals surface area contributed by atoms with Gasteiger partial charge >= 0.3 is 0 Å². The third-order valence-corrected chi connectivity index (χ3v) is 2.21. The molecule has 1 aliphatic rings. The Labute approximate surface area is 61.7 Å². The van der Waals surface area contributed by atoms with Crippen molar-refractivity contribution in [2.24, 2.45) is 11.5 Å². The van der Waals surface area contributed by atoms with E-state index < -0.39 is 5.66 Å². The molecular weight excluding hydrogens is 128 g/mol. The van der Waals surface area contributed by atoms with E-state index in [0.717, 1.165) is 19.3 Å². The van der Waals surface area contributed by atoms with Crippen LogP contribution < -0.4 is 11.5 Å². The minimum atomic E-state index is -0.576. The highest BCUT2D eigenvalue weighted by atomic mass is 16.5. The molecule has 1 aliphatic carbocycles. The first-order valence-corrected chi connectivity index (χ1v) is 3.77. The summed E-state index contributed by atoms with van der Waals surface area (Å²) in [6.45, 7) is 0. The molecule has 0 spiro atoms. The smallest absolute Gasteiger partial charge is 0.0906 e. The van der Waals surface area contributed by atoms with E-state index in [1.807, 2.05) is 0 Å². The Bertz CT molecular complexity index is 114. The summed E-state index contributed by atoms with van der Waals surface area (Å²) in [6, 6.07) is 0. The van der Waals surface area contributed by atoms with Crippen LogP contribution in [0.5, 0.6) is 0 Å². The first-order valence-electron chi connectivity index (χ1n) is 3.77. The van der Waals surface area contributed by atoms with Crippen molar-refractivity contribution in [1.82, 2.24) is 0 Å². The first kappa shape index (κ1) is 7.98. The fourth-order valence-corrected chi connectivity index (χ4v) is 1.53. The second-order valence-electron chi connectivity index (χ2n) is 3.08. The van der Waals surface area contributed by atoms with Gasteiger partial charge in [-0.05, 0) is 12.8 Å². The van der Waals surface area contributed by atoms with Crippen molar-refractivity contribution in [3.8, 4) is 0 Å². The summed E-state index contributed by atoms with van der Waals surface area (Å²) < 4.78 is 5.16. The van der Waals surface area contributed by atoms with E-state index in [2.05, 4.69) is 0 Å². The lowest BCUT2D eigenvalue weighted by molar-refractivity contribution is 0.00862. The van der Waals surface area contributed by atoms with Crippen molar-refractivity contribution >= 4 is 0 Å². The zero-order chi connectivity index (χ0) is 7.61. The monoisotopic (exact) mass is 144 g/mol. The maximum Gasteiger partial charge on any atom is 0.0906 e. The van der Waals surface area contributed by atoms with Gasteiger partial charge in [-0.2, -0.15) is 0 Å². The number of ether oxygens (including phenoxy) is 1. The summed E-state index contributed by atoms with van der Waals surface area (Å²) in [7, 11) is 1.67. The van der Waals surface area contributed by atoms with Crippen molar-refractivity contribution in [1.29, 1.82) is 0 Å². The Morgan fingerprint density at radius 1 is 1.40 bits per heavy atom. The van der Waals surface area contributed by atoms with Crippen LogP contribution in [0.25, 0.3) is 0 Å². The summed E-state index contributed by atoms with van der Waals surface area (Å²) in [5.74, 6) is 0. The lowest BCUT2D eigenvalue weighted by Crippen LogP contribution is -2.60. The molecule has 0 bridgehead atoms. The molecule has 0 heterocycles. The van der Waals surface area contributed by atoms with Crippen LogP contribution in [0.4, 0.5) is 0 Å². The highest BCUT2D eigenvalue weighted by Crippen LogP contribution is 2.23. The van der Waals surface area contributed by atoms with Crippen LogP contribution in [0.15, 0.2) is 0 Å². The molecule has 0 radical (unpaired) electrons. The number of rotatable bonds is 1. The average Bonchev–Trinajstić information content (AvgIpc) is 1.87. The minimum absolute atomic E-state index is 0.0567. The molecule has 0 aromatic rings. The molecule has 1 rings (SSSR count). The quantitative estimate of drug-likeness (QED) is 0.516. The fraction of sp³-hybridized carbons (Fsp3) is 1.00. The molecule has 4 N–H and O–H groups in total. The van der Waals surface area contributed by atoms with Crippen molar-refractivity contribution < 1.29 is 4.74 Å². The van der Waals surface area contributed by atoms with Gasteiger partial charge in [-0.1, -0.05) is 12.8 Å². The Hall–Kier alpha value is -0.120. The lowest BCUT2D eigenvalue weighted by Gasteiger charge is -2.36. The fourth-order valence-electron chi connectivity index (χ4n) is 1.53. The molecule has 1 unspecified atom stereocenters. The number of nitrogens with two attached hydrogens (primary N) is 2. The van der Waals surface area contributed by atoms with Crippen LogP contribution in [-0.4, -0.2) is 18.9 Å². The summed E-state index contributed by atoms with van der Waals surface area (Å²) in [6.07, 6.45) is 4.26. The van der Waals surface area contributed by atoms with Crippen LogP contribution in [-0.2, 0) is 4.74 Å². The Balaban J connectivity index is 2.51. The zero-order valence-corrected chi connectivity index (χ0v) is 6.47. The van der Waals surface area contributed by atoms with Crippen molar-refractivity contribution in [3.05, 3.63) is 0 Å². The highest BCUT2D eigenvalue weighted by Gasteiger charge is 2.33. The largest absolute Gasteiger partial charge is 0.378 e. The van der Waals surface area contributed by atoms with Crippen LogP contribution in [0.1, 0.15) is 25.7 Å². The topological polar surface area (TPSA) is 61.3 Å². The van der Waals surface area contributed by atoms with Crippen molar-refractivity contribution in [2.75, 3.05) is 7.11 Å². The first-order chi connectivity index (χ1) is 4.67. The normalized spacial score (nSPS) is 32.1. The van der Waals surface area contributed by atoms with Gasteiger partial charge in [-0.15, -0.1) is 0 Å². The molecule has 10 heavy (non-hydrogen) atoms. The molecular formula is C7H16N2O. The average molecular weight is 144 g/mol. The SMILES string of the molecule is COC1CCCCC1(N)N. The maximum absolute atomic E-state index is 5.79. The van der Waals surface area contributed by atoms with Crippen LogP contribution in [0.3, 0.4) is 0 Å². The molecule has 3 nitrogen and oxygen atoms in total. The number of hydrogen-bond acceptors (Lipinski definition) is 3. The Morgan fingerprint density at radius 3 is 2.50 bits per heavy atom. The van der Waals surface area contributed by atoms with Gasteiger partial charge in [0.2, 0.25) is 0 Å². The van der Waals surface area contributed by atoms with Gasteiger partial charge in [0, 0.05) is 7.11 Å². The van der Waals surface area contributed by atoms with E-state index in [1.54, 1.807) is 7.11 Å². The van der Waals surface area contributed by atoms with E-state index in [9.17, 15) is 0 Å². The highest BCUT2D eigenvalue weighted by molar-refractivity contribution is 4.89. The van der Waals surface area contributed by atoms with E-state index in [1.165, 1.54) is 6.42 Å². The van der Waals surface area contributed by atoms with Crippen molar-refractivity contribution in [3.63, 3.8) is 0 Å². The predicted molar refractivity (Wildman–Crippen MR) is 40.4 cm³/mol. The molecule has 60 valence electrons. The predicted octanol–water partition coefficient (Wildman–Crippen LogP) is 0.189. The summed E-state index contributed by atoms with van der Waals surface area (Å²) in [4.78, 5) is 0. The van der Waals surface area contributed by atoms with Crippen LogP contribution in [0, 0.1) is 0 Å². The molecule has 0 aromatic carbocycles. The van der Waals surface area contributed by atoms with E-state index in [0.29, 0.717) is 0 Å². The second kappa shape index (κ2) is 2.86. The van der Waals surface area contributed by atoms with Gasteiger partial charge in [-0.25, -0.2) is 0 Å². The third kappa shape index (κ3) is 1.48. The van der Waals surface area contributed by atoms with Gasteiger partial charge in [0.1, 0.15) is 0 Å². The molecule has 0 amide bonds. The van der Waals surface area contributed by atoms with E-state index in [-0.39, 0.29) is 6.10 Å². The van der Waals surface area contributed by atoms with Crippen LogP contribution in [0.2, 0.25) is 0 Å². The summed E-state index contributed by atoms with van der Waals surface area (Å²) in [5, 5.41) is 0. The van der Waals surface area contributed by atoms with E-state index in [4.69, 9.17) is 16.2 Å². The summed E-state index contributed by atoms with van der Waals surface area (Å²) in [5.41, 5.74) is 11.0. The Morgan fingerprint density at radius 2 is 2.10 bits per heavy atom. The number of methoxy groups -OCH3 is 1. The lowest BCUT2D eigenvalue weighted by atomic mass is 9.88. The van der Waals surface area contributed by atoms with Gasteiger partial charge in [0.15, 0.2) is 0 Å². The van der Waals surface area contributed by atoms with Gasteiger partial charge in [-0.3, -0.25) is 0 Å². The van der Waals surface area contributed by atoms with Crippen molar-refractivity contribution in [2.45, 2.75) is 37.5 Å². The molecule has 0 aliphatic heterocycles. The molecule has 0 aromatic heterocycles. The maximum atomic E-state index is 5.79. The van der Waals surface area contributed by atoms with Gasteiger partial charge in [0.05, 0.1) is 11.8 Å². The number of hydrogen-bond donors (Lipinski definition) is 2. The third-order valence-electron chi connectivity index (χ3n) is 2.21. The molecule has 0 saturated heterocycles. The Kier molecular flexibility index (Phi) is 2.28. The molecule has 1 fully saturated rings. The van der Waals surface area contributed by atoms with Gasteiger partial charge < -0.3 is 16.2 Å². The molecule has 3 heteroatoms. The molecule has 1 atom stereocenters. The van der Waals surface area contributed by atoms with Crippen LogP contribution >= 0.6 is 0 Å². The summed E-state index contributed by atoms with van der Waals surface area (Å²) >= 11 is 0.